The van der Waals surface area contributed by atoms with Gasteiger partial charge in [-0.15, -0.1) is 0 Å². The second-order valence-corrected chi connectivity index (χ2v) is 12.7. The van der Waals surface area contributed by atoms with E-state index in [1.54, 1.807) is 13.8 Å². The van der Waals surface area contributed by atoms with E-state index in [-0.39, 0.29) is 43.0 Å². The maximum absolute atomic E-state index is 13.7. The van der Waals surface area contributed by atoms with Crippen molar-refractivity contribution in [3.63, 3.8) is 0 Å². The number of aliphatic hydroxyl groups excluding tert-OH is 2. The molecule has 2 unspecified atom stereocenters. The van der Waals surface area contributed by atoms with Crippen molar-refractivity contribution in [2.75, 3.05) is 57.6 Å². The summed E-state index contributed by atoms with van der Waals surface area (Å²) in [6.45, 7) is 4.86. The molecule has 16 heteroatoms. The van der Waals surface area contributed by atoms with Crippen LogP contribution in [0.25, 0.3) is 0 Å². The molecule has 14 nitrogen and oxygen atoms in total. The largest absolute Gasteiger partial charge is 0.408 e. The first-order valence-corrected chi connectivity index (χ1v) is 14.2. The molecule has 0 saturated carbocycles. The number of carbonyl (C=O) groups is 1. The molecule has 1 aromatic rings. The maximum atomic E-state index is 13.7. The fourth-order valence-electron chi connectivity index (χ4n) is 3.70. The molecule has 3 rings (SSSR count). The molecule has 2 aliphatic rings. The van der Waals surface area contributed by atoms with Crippen molar-refractivity contribution in [1.82, 2.24) is 14.2 Å². The van der Waals surface area contributed by atoms with Crippen molar-refractivity contribution in [1.29, 1.82) is 0 Å². The number of carbonyl (C=O) groups excluding carboxylic acids is 1. The summed E-state index contributed by atoms with van der Waals surface area (Å²) in [6, 6.07) is 1.35. The van der Waals surface area contributed by atoms with Gasteiger partial charge in [0.05, 0.1) is 38.4 Å². The summed E-state index contributed by atoms with van der Waals surface area (Å²) in [4.78, 5) is 28.1. The number of nitrogens with two attached hydrogens (primary N) is 1. The van der Waals surface area contributed by atoms with E-state index in [0.29, 0.717) is 13.2 Å². The molecule has 2 fully saturated rings. The third kappa shape index (κ3) is 6.98. The molecule has 5 atom stereocenters. The van der Waals surface area contributed by atoms with Crippen molar-refractivity contribution in [3.8, 4) is 0 Å². The van der Waals surface area contributed by atoms with Gasteiger partial charge in [0.15, 0.2) is 11.3 Å². The molecule has 210 valence electrons. The molecule has 2 aliphatic heterocycles. The smallest absolute Gasteiger partial charge is 0.395 e. The number of nitrogen functional groups attached to an aromatic ring is 1. The Bertz CT molecular complexity index is 1050. The van der Waals surface area contributed by atoms with Gasteiger partial charge < -0.3 is 30.5 Å². The monoisotopic (exact) mass is 566 g/mol. The number of thioether (sulfide) groups is 1. The van der Waals surface area contributed by atoms with Gasteiger partial charge in [0.25, 0.3) is 0 Å². The van der Waals surface area contributed by atoms with Gasteiger partial charge in [0.2, 0.25) is 0 Å². The predicted octanol–water partition coefficient (Wildman–Crippen LogP) is -0.413. The molecule has 2 saturated heterocycles. The quantitative estimate of drug-likeness (QED) is 0.199. The molecule has 0 bridgehead atoms. The van der Waals surface area contributed by atoms with E-state index in [2.05, 4.69) is 4.98 Å². The van der Waals surface area contributed by atoms with E-state index in [0.717, 1.165) is 16.3 Å². The van der Waals surface area contributed by atoms with E-state index in [4.69, 9.17) is 24.3 Å². The molecule has 3 heterocycles. The Labute approximate surface area is 218 Å². The third-order valence-corrected chi connectivity index (χ3v) is 9.38. The number of hydrogen-bond donors (Lipinski definition) is 4. The van der Waals surface area contributed by atoms with Crippen LogP contribution in [0.4, 0.5) is 5.82 Å². The number of ether oxygens (including phenoxy) is 2. The Balaban J connectivity index is 1.68. The second kappa shape index (κ2) is 12.2. The van der Waals surface area contributed by atoms with E-state index in [1.165, 1.54) is 23.9 Å². The average Bonchev–Trinajstić information content (AvgIpc) is 3.09. The molecule has 0 radical (unpaired) electrons. The lowest BCUT2D eigenvalue weighted by Crippen LogP contribution is -2.46. The van der Waals surface area contributed by atoms with E-state index in [9.17, 15) is 29.5 Å². The summed E-state index contributed by atoms with van der Waals surface area (Å²) in [7, 11) is -3.92. The first kappa shape index (κ1) is 30.2. The van der Waals surface area contributed by atoms with Gasteiger partial charge in [-0.3, -0.25) is 18.4 Å². The van der Waals surface area contributed by atoms with Crippen LogP contribution in [-0.2, 0) is 27.9 Å². The number of morpholine rings is 1. The summed E-state index contributed by atoms with van der Waals surface area (Å²) < 4.78 is 38.6. The van der Waals surface area contributed by atoms with E-state index < -0.39 is 49.5 Å². The molecule has 1 aromatic heterocycles. The summed E-state index contributed by atoms with van der Waals surface area (Å²) >= 11 is 0.950. The molecule has 0 spiro atoms. The van der Waals surface area contributed by atoms with Gasteiger partial charge >= 0.3 is 13.4 Å². The van der Waals surface area contributed by atoms with Crippen LogP contribution in [0.5, 0.6) is 0 Å². The maximum Gasteiger partial charge on any atom is 0.408 e. The summed E-state index contributed by atoms with van der Waals surface area (Å²) in [6.07, 6.45) is -2.69. The van der Waals surface area contributed by atoms with Gasteiger partial charge in [-0.1, -0.05) is 11.8 Å². The van der Waals surface area contributed by atoms with Crippen LogP contribution in [0.2, 0.25) is 0 Å². The minimum absolute atomic E-state index is 0.0114. The van der Waals surface area contributed by atoms with E-state index in [1.807, 2.05) is 0 Å². The lowest BCUT2D eigenvalue weighted by Gasteiger charge is -2.33. The van der Waals surface area contributed by atoms with Crippen LogP contribution >= 0.6 is 19.5 Å². The molecule has 0 aliphatic carbocycles. The summed E-state index contributed by atoms with van der Waals surface area (Å²) in [5.41, 5.74) is 1.92. The van der Waals surface area contributed by atoms with Gasteiger partial charge in [-0.25, -0.2) is 14.0 Å². The Hall–Kier alpha value is -1.39. The Morgan fingerprint density at radius 1 is 1.38 bits per heavy atom. The standard InChI is InChI=1S/C21H35N4O10PS/c1-20(2,13-26)18(28)37-11-10-33-36(31,24-6-8-32-9-7-24)34-12-14-16(27)21(3,30)17(35-14)25-5-4-15(22)23-19(25)29/h4-5,14,16-17,26-27,30H,6-13H2,1-3H3,(H2,22,23,29)/t14-,16+,17-,21?,36?/m1/s1. The number of aromatic nitrogens is 2. The van der Waals surface area contributed by atoms with Gasteiger partial charge in [-0.2, -0.15) is 4.98 Å². The minimum Gasteiger partial charge on any atom is -0.395 e. The highest BCUT2D eigenvalue weighted by Gasteiger charge is 2.54. The zero-order valence-electron chi connectivity index (χ0n) is 21.0. The van der Waals surface area contributed by atoms with E-state index >= 15 is 0 Å². The van der Waals surface area contributed by atoms with Crippen LogP contribution in [-0.4, -0.2) is 104 Å². The lowest BCUT2D eigenvalue weighted by molar-refractivity contribution is -0.119. The first-order chi connectivity index (χ1) is 17.3. The van der Waals surface area contributed by atoms with Gasteiger partial charge in [0, 0.05) is 25.0 Å². The molecule has 0 amide bonds. The lowest BCUT2D eigenvalue weighted by atomic mass is 9.96. The molecular formula is C21H35N4O10PS. The highest BCUT2D eigenvalue weighted by Crippen LogP contribution is 2.53. The molecular weight excluding hydrogens is 531 g/mol. The van der Waals surface area contributed by atoms with Crippen molar-refractivity contribution < 1.29 is 43.2 Å². The van der Waals surface area contributed by atoms with Crippen molar-refractivity contribution >= 4 is 30.4 Å². The fraction of sp³-hybridized carbons (Fsp3) is 0.762. The number of nitrogens with zero attached hydrogens (tertiary/aromatic N) is 3. The number of rotatable bonds is 11. The van der Waals surface area contributed by atoms with Crippen LogP contribution in [0, 0.1) is 5.41 Å². The Morgan fingerprint density at radius 3 is 2.68 bits per heavy atom. The zero-order chi connectivity index (χ0) is 27.4. The number of aliphatic hydroxyl groups is 3. The van der Waals surface area contributed by atoms with Gasteiger partial charge in [-0.05, 0) is 26.8 Å². The number of hydrogen-bond acceptors (Lipinski definition) is 13. The van der Waals surface area contributed by atoms with Crippen LogP contribution in [0.1, 0.15) is 27.0 Å². The highest BCUT2D eigenvalue weighted by atomic mass is 32.2. The molecule has 0 aromatic carbocycles. The normalized spacial score (nSPS) is 28.8. The summed E-state index contributed by atoms with van der Waals surface area (Å²) in [5.74, 6) is 0.162. The molecule has 37 heavy (non-hydrogen) atoms. The zero-order valence-corrected chi connectivity index (χ0v) is 22.7. The average molecular weight is 567 g/mol. The van der Waals surface area contributed by atoms with Gasteiger partial charge in [0.1, 0.15) is 23.6 Å². The number of anilines is 1. The minimum atomic E-state index is -3.92. The van der Waals surface area contributed by atoms with Crippen molar-refractivity contribution in [2.24, 2.45) is 5.41 Å². The Morgan fingerprint density at radius 2 is 2.05 bits per heavy atom. The van der Waals surface area contributed by atoms with Crippen molar-refractivity contribution in [2.45, 2.75) is 44.8 Å². The van der Waals surface area contributed by atoms with Crippen molar-refractivity contribution in [3.05, 3.63) is 22.7 Å². The Kier molecular flexibility index (Phi) is 9.94. The molecule has 5 N–H and O–H groups in total. The fourth-order valence-corrected chi connectivity index (χ4v) is 6.34. The topological polar surface area (TPSA) is 196 Å². The second-order valence-electron chi connectivity index (χ2n) is 9.58. The first-order valence-electron chi connectivity index (χ1n) is 11.7. The summed E-state index contributed by atoms with van der Waals surface area (Å²) in [5, 5.41) is 30.7. The van der Waals surface area contributed by atoms with Crippen LogP contribution in [0.3, 0.4) is 0 Å². The predicted molar refractivity (Wildman–Crippen MR) is 134 cm³/mol. The van der Waals surface area contributed by atoms with Crippen LogP contribution < -0.4 is 11.4 Å². The third-order valence-electron chi connectivity index (χ3n) is 6.11. The SMILES string of the molecule is CC(C)(CO)C(=O)SCCOP(=O)(OC[C@H]1O[C@@H](n2ccc(N)nc2=O)C(C)(O)[C@H]1O)N1CCOCC1. The van der Waals surface area contributed by atoms with Crippen LogP contribution in [0.15, 0.2) is 17.1 Å². The highest BCUT2D eigenvalue weighted by molar-refractivity contribution is 8.13.